The van der Waals surface area contributed by atoms with Crippen LogP contribution in [0, 0.1) is 0 Å². The van der Waals surface area contributed by atoms with Gasteiger partial charge in [0.2, 0.25) is 0 Å². The molecule has 0 aliphatic heterocycles. The molecular formula is C13H21NO3. The Morgan fingerprint density at radius 2 is 2.00 bits per heavy atom. The van der Waals surface area contributed by atoms with Gasteiger partial charge in [-0.1, -0.05) is 12.1 Å². The van der Waals surface area contributed by atoms with E-state index in [1.165, 1.54) is 0 Å². The number of rotatable bonds is 8. The van der Waals surface area contributed by atoms with Gasteiger partial charge in [-0.05, 0) is 19.1 Å². The fourth-order valence-corrected chi connectivity index (χ4v) is 1.42. The molecule has 0 bridgehead atoms. The Kier molecular flexibility index (Phi) is 6.43. The highest BCUT2D eigenvalue weighted by Crippen LogP contribution is 2.19. The van der Waals surface area contributed by atoms with Crippen molar-refractivity contribution < 1.29 is 14.2 Å². The average Bonchev–Trinajstić information content (AvgIpc) is 2.31. The molecule has 1 rings (SSSR count). The summed E-state index contributed by atoms with van der Waals surface area (Å²) in [6, 6.07) is 7.48. The molecule has 0 spiro atoms. The molecule has 0 aliphatic carbocycles. The first-order chi connectivity index (χ1) is 8.24. The summed E-state index contributed by atoms with van der Waals surface area (Å²) in [7, 11) is 1.67. The molecule has 0 amide bonds. The summed E-state index contributed by atoms with van der Waals surface area (Å²) in [5, 5.41) is 0. The third-order valence-electron chi connectivity index (χ3n) is 2.27. The van der Waals surface area contributed by atoms with Crippen molar-refractivity contribution in [3.8, 4) is 5.75 Å². The van der Waals surface area contributed by atoms with E-state index in [0.29, 0.717) is 25.5 Å². The molecule has 17 heavy (non-hydrogen) atoms. The van der Waals surface area contributed by atoms with E-state index in [1.54, 1.807) is 7.11 Å². The number of methoxy groups -OCH3 is 1. The molecule has 0 fully saturated rings. The predicted molar refractivity (Wildman–Crippen MR) is 68.3 cm³/mol. The Morgan fingerprint density at radius 1 is 1.24 bits per heavy atom. The van der Waals surface area contributed by atoms with Crippen molar-refractivity contribution in [3.05, 3.63) is 24.3 Å². The lowest BCUT2D eigenvalue weighted by atomic mass is 10.3. The van der Waals surface area contributed by atoms with Crippen LogP contribution >= 0.6 is 0 Å². The Morgan fingerprint density at radius 3 is 2.71 bits per heavy atom. The van der Waals surface area contributed by atoms with Crippen LogP contribution in [0.25, 0.3) is 0 Å². The number of anilines is 1. The van der Waals surface area contributed by atoms with E-state index >= 15 is 0 Å². The number of ether oxygens (including phenoxy) is 3. The van der Waals surface area contributed by atoms with Crippen molar-refractivity contribution in [2.75, 3.05) is 32.7 Å². The van der Waals surface area contributed by atoms with Gasteiger partial charge in [-0.2, -0.15) is 0 Å². The van der Waals surface area contributed by atoms with E-state index < -0.39 is 0 Å². The van der Waals surface area contributed by atoms with Crippen molar-refractivity contribution in [1.82, 2.24) is 0 Å². The predicted octanol–water partition coefficient (Wildman–Crippen LogP) is 2.09. The third kappa shape index (κ3) is 5.56. The van der Waals surface area contributed by atoms with E-state index in [0.717, 1.165) is 12.2 Å². The minimum atomic E-state index is 0.127. The van der Waals surface area contributed by atoms with E-state index in [1.807, 2.05) is 31.2 Å². The molecule has 0 aliphatic rings. The van der Waals surface area contributed by atoms with E-state index in [-0.39, 0.29) is 6.10 Å². The second-order valence-electron chi connectivity index (χ2n) is 3.88. The Bertz CT molecular complexity index is 317. The third-order valence-corrected chi connectivity index (χ3v) is 2.27. The molecule has 1 unspecified atom stereocenters. The molecule has 0 radical (unpaired) electrons. The molecule has 0 heterocycles. The van der Waals surface area contributed by atoms with Crippen LogP contribution in [-0.2, 0) is 9.47 Å². The second kappa shape index (κ2) is 7.92. The van der Waals surface area contributed by atoms with Gasteiger partial charge in [-0.3, -0.25) is 0 Å². The van der Waals surface area contributed by atoms with Crippen LogP contribution in [0.2, 0.25) is 0 Å². The van der Waals surface area contributed by atoms with Gasteiger partial charge in [0.25, 0.3) is 0 Å². The zero-order chi connectivity index (χ0) is 12.5. The van der Waals surface area contributed by atoms with Crippen LogP contribution < -0.4 is 10.5 Å². The zero-order valence-electron chi connectivity index (χ0n) is 10.5. The molecule has 2 N–H and O–H groups in total. The quantitative estimate of drug-likeness (QED) is 0.557. The number of para-hydroxylation sites is 2. The van der Waals surface area contributed by atoms with E-state index in [4.69, 9.17) is 19.9 Å². The van der Waals surface area contributed by atoms with Crippen LogP contribution in [0.4, 0.5) is 5.69 Å². The van der Waals surface area contributed by atoms with Crippen molar-refractivity contribution >= 4 is 5.69 Å². The van der Waals surface area contributed by atoms with E-state index in [9.17, 15) is 0 Å². The molecule has 1 aromatic carbocycles. The standard InChI is InChI=1S/C13H21NO3/c1-11(10-15-2)16-8-5-9-17-13-7-4-3-6-12(13)14/h3-4,6-7,11H,5,8-10,14H2,1-2H3. The van der Waals surface area contributed by atoms with Gasteiger partial charge < -0.3 is 19.9 Å². The highest BCUT2D eigenvalue weighted by molar-refractivity contribution is 5.51. The Labute approximate surface area is 103 Å². The van der Waals surface area contributed by atoms with Gasteiger partial charge in [0.05, 0.1) is 31.6 Å². The van der Waals surface area contributed by atoms with Gasteiger partial charge in [0, 0.05) is 13.5 Å². The molecule has 0 saturated heterocycles. The van der Waals surface area contributed by atoms with Crippen LogP contribution in [0.5, 0.6) is 5.75 Å². The molecule has 4 nitrogen and oxygen atoms in total. The lowest BCUT2D eigenvalue weighted by Gasteiger charge is -2.12. The fraction of sp³-hybridized carbons (Fsp3) is 0.538. The lowest BCUT2D eigenvalue weighted by Crippen LogP contribution is -2.16. The van der Waals surface area contributed by atoms with E-state index in [2.05, 4.69) is 0 Å². The number of nitrogen functional groups attached to an aromatic ring is 1. The van der Waals surface area contributed by atoms with Gasteiger partial charge in [0.1, 0.15) is 5.75 Å². The summed E-state index contributed by atoms with van der Waals surface area (Å²) in [6.07, 6.45) is 0.962. The van der Waals surface area contributed by atoms with Crippen LogP contribution in [0.1, 0.15) is 13.3 Å². The molecular weight excluding hydrogens is 218 g/mol. The first-order valence-corrected chi connectivity index (χ1v) is 5.82. The summed E-state index contributed by atoms with van der Waals surface area (Å²) < 4.78 is 16.0. The van der Waals surface area contributed by atoms with Crippen molar-refractivity contribution in [3.63, 3.8) is 0 Å². The second-order valence-corrected chi connectivity index (χ2v) is 3.88. The molecule has 0 aromatic heterocycles. The summed E-state index contributed by atoms with van der Waals surface area (Å²) >= 11 is 0. The summed E-state index contributed by atoms with van der Waals surface area (Å²) in [6.45, 7) is 3.87. The number of nitrogens with two attached hydrogens (primary N) is 1. The fourth-order valence-electron chi connectivity index (χ4n) is 1.42. The van der Waals surface area contributed by atoms with Crippen LogP contribution in [0.3, 0.4) is 0 Å². The maximum Gasteiger partial charge on any atom is 0.142 e. The normalized spacial score (nSPS) is 12.4. The molecule has 0 saturated carbocycles. The summed E-state index contributed by atoms with van der Waals surface area (Å²) in [4.78, 5) is 0. The summed E-state index contributed by atoms with van der Waals surface area (Å²) in [5.41, 5.74) is 6.42. The minimum Gasteiger partial charge on any atom is -0.491 e. The number of hydrogen-bond acceptors (Lipinski definition) is 4. The van der Waals surface area contributed by atoms with Gasteiger partial charge >= 0.3 is 0 Å². The van der Waals surface area contributed by atoms with Crippen molar-refractivity contribution in [2.24, 2.45) is 0 Å². The first-order valence-electron chi connectivity index (χ1n) is 5.82. The highest BCUT2D eigenvalue weighted by Gasteiger charge is 2.01. The maximum absolute atomic E-state index is 5.75. The average molecular weight is 239 g/mol. The number of hydrogen-bond donors (Lipinski definition) is 1. The molecule has 4 heteroatoms. The Balaban J connectivity index is 2.10. The number of benzene rings is 1. The summed E-state index contributed by atoms with van der Waals surface area (Å²) in [5.74, 6) is 0.734. The monoisotopic (exact) mass is 239 g/mol. The largest absolute Gasteiger partial charge is 0.491 e. The first kappa shape index (κ1) is 13.8. The van der Waals surface area contributed by atoms with Gasteiger partial charge in [-0.15, -0.1) is 0 Å². The van der Waals surface area contributed by atoms with Gasteiger partial charge in [0.15, 0.2) is 0 Å². The van der Waals surface area contributed by atoms with Crippen LogP contribution in [0.15, 0.2) is 24.3 Å². The highest BCUT2D eigenvalue weighted by atomic mass is 16.5. The Hall–Kier alpha value is -1.26. The molecule has 1 atom stereocenters. The lowest BCUT2D eigenvalue weighted by molar-refractivity contribution is 0.00510. The van der Waals surface area contributed by atoms with Crippen molar-refractivity contribution in [2.45, 2.75) is 19.4 Å². The van der Waals surface area contributed by atoms with Gasteiger partial charge in [-0.25, -0.2) is 0 Å². The molecule has 1 aromatic rings. The topological polar surface area (TPSA) is 53.7 Å². The smallest absolute Gasteiger partial charge is 0.142 e. The molecule has 96 valence electrons. The minimum absolute atomic E-state index is 0.127. The zero-order valence-corrected chi connectivity index (χ0v) is 10.5. The SMILES string of the molecule is COCC(C)OCCCOc1ccccc1N. The maximum atomic E-state index is 5.75. The van der Waals surface area contributed by atoms with Crippen LogP contribution in [-0.4, -0.2) is 33.0 Å². The van der Waals surface area contributed by atoms with Crippen molar-refractivity contribution in [1.29, 1.82) is 0 Å².